The van der Waals surface area contributed by atoms with E-state index in [1.807, 2.05) is 18.2 Å². The molecule has 0 aliphatic carbocycles. The molecule has 4 heteroatoms. The molecule has 0 amide bonds. The second-order valence-electron chi connectivity index (χ2n) is 6.41. The van der Waals surface area contributed by atoms with Crippen molar-refractivity contribution in [3.8, 4) is 5.75 Å². The Labute approximate surface area is 127 Å². The molecule has 1 atom stereocenters. The topological polar surface area (TPSA) is 24.5 Å². The van der Waals surface area contributed by atoms with Crippen LogP contribution in [0.4, 0.5) is 0 Å². The number of hydrogen-bond donors (Lipinski definition) is 1. The van der Waals surface area contributed by atoms with Gasteiger partial charge in [0.1, 0.15) is 11.4 Å². The van der Waals surface area contributed by atoms with E-state index in [0.29, 0.717) is 6.04 Å². The molecule has 0 radical (unpaired) electrons. The SMILES string of the molecule is CN(C)CCCNC1CC(C)(C)Oc2ccc(Cl)cc21. The first-order valence-corrected chi connectivity index (χ1v) is 7.62. The molecule has 1 aliphatic heterocycles. The average molecular weight is 297 g/mol. The summed E-state index contributed by atoms with van der Waals surface area (Å²) in [6.07, 6.45) is 2.10. The van der Waals surface area contributed by atoms with Crippen LogP contribution in [-0.2, 0) is 0 Å². The minimum absolute atomic E-state index is 0.139. The van der Waals surface area contributed by atoms with Crippen LogP contribution in [0, 0.1) is 0 Å². The summed E-state index contributed by atoms with van der Waals surface area (Å²) in [6.45, 7) is 6.38. The molecule has 0 saturated carbocycles. The average Bonchev–Trinajstić information content (AvgIpc) is 2.34. The van der Waals surface area contributed by atoms with E-state index in [0.717, 1.165) is 36.7 Å². The normalized spacial score (nSPS) is 20.6. The Kier molecular flexibility index (Phi) is 4.95. The van der Waals surface area contributed by atoms with Crippen molar-refractivity contribution in [2.75, 3.05) is 27.2 Å². The smallest absolute Gasteiger partial charge is 0.124 e. The molecule has 0 aromatic heterocycles. The van der Waals surface area contributed by atoms with Crippen LogP contribution in [0.3, 0.4) is 0 Å². The molecule has 2 rings (SSSR count). The van der Waals surface area contributed by atoms with Gasteiger partial charge >= 0.3 is 0 Å². The minimum Gasteiger partial charge on any atom is -0.487 e. The number of nitrogens with zero attached hydrogens (tertiary/aromatic N) is 1. The third kappa shape index (κ3) is 4.11. The third-order valence-electron chi connectivity index (χ3n) is 3.60. The maximum Gasteiger partial charge on any atom is 0.124 e. The zero-order valence-corrected chi connectivity index (χ0v) is 13.6. The van der Waals surface area contributed by atoms with E-state index in [2.05, 4.69) is 38.2 Å². The van der Waals surface area contributed by atoms with E-state index in [1.54, 1.807) is 0 Å². The highest BCUT2D eigenvalue weighted by molar-refractivity contribution is 6.30. The Bertz CT molecular complexity index is 460. The number of rotatable bonds is 5. The monoisotopic (exact) mass is 296 g/mol. The van der Waals surface area contributed by atoms with Gasteiger partial charge in [0.15, 0.2) is 0 Å². The molecule has 0 spiro atoms. The lowest BCUT2D eigenvalue weighted by Crippen LogP contribution is -2.40. The molecule has 1 aromatic rings. The molecule has 0 fully saturated rings. The quantitative estimate of drug-likeness (QED) is 0.842. The van der Waals surface area contributed by atoms with E-state index >= 15 is 0 Å². The van der Waals surface area contributed by atoms with Crippen molar-refractivity contribution in [3.63, 3.8) is 0 Å². The minimum atomic E-state index is -0.139. The molecule has 0 bridgehead atoms. The molecule has 1 unspecified atom stereocenters. The van der Waals surface area contributed by atoms with Crippen LogP contribution in [0.5, 0.6) is 5.75 Å². The second-order valence-corrected chi connectivity index (χ2v) is 6.85. The van der Waals surface area contributed by atoms with Crippen LogP contribution in [-0.4, -0.2) is 37.7 Å². The van der Waals surface area contributed by atoms with Gasteiger partial charge < -0.3 is 15.0 Å². The van der Waals surface area contributed by atoms with E-state index in [9.17, 15) is 0 Å². The lowest BCUT2D eigenvalue weighted by Gasteiger charge is -2.38. The van der Waals surface area contributed by atoms with Crippen LogP contribution in [0.2, 0.25) is 5.02 Å². The van der Waals surface area contributed by atoms with Gasteiger partial charge in [0, 0.05) is 23.0 Å². The van der Waals surface area contributed by atoms with Crippen molar-refractivity contribution in [2.45, 2.75) is 38.3 Å². The summed E-state index contributed by atoms with van der Waals surface area (Å²) < 4.78 is 6.04. The highest BCUT2D eigenvalue weighted by atomic mass is 35.5. The predicted molar refractivity (Wildman–Crippen MR) is 84.7 cm³/mol. The van der Waals surface area contributed by atoms with Gasteiger partial charge in [-0.3, -0.25) is 0 Å². The molecule has 1 aliphatic rings. The van der Waals surface area contributed by atoms with E-state index in [4.69, 9.17) is 16.3 Å². The van der Waals surface area contributed by atoms with E-state index in [1.165, 1.54) is 5.56 Å². The highest BCUT2D eigenvalue weighted by Gasteiger charge is 2.33. The number of benzene rings is 1. The predicted octanol–water partition coefficient (Wildman–Crippen LogP) is 3.48. The van der Waals surface area contributed by atoms with Gasteiger partial charge in [-0.1, -0.05) is 11.6 Å². The second kappa shape index (κ2) is 6.33. The van der Waals surface area contributed by atoms with Crippen LogP contribution >= 0.6 is 11.6 Å². The van der Waals surface area contributed by atoms with Crippen molar-refractivity contribution in [1.29, 1.82) is 0 Å². The Morgan fingerprint density at radius 1 is 1.40 bits per heavy atom. The summed E-state index contributed by atoms with van der Waals surface area (Å²) in [5.74, 6) is 0.954. The van der Waals surface area contributed by atoms with Gasteiger partial charge in [-0.05, 0) is 65.7 Å². The van der Waals surface area contributed by atoms with Gasteiger partial charge in [-0.25, -0.2) is 0 Å². The van der Waals surface area contributed by atoms with Gasteiger partial charge in [0.25, 0.3) is 0 Å². The number of hydrogen-bond acceptors (Lipinski definition) is 3. The van der Waals surface area contributed by atoms with Crippen molar-refractivity contribution in [1.82, 2.24) is 10.2 Å². The molecule has 3 nitrogen and oxygen atoms in total. The summed E-state index contributed by atoms with van der Waals surface area (Å²) >= 11 is 6.13. The Morgan fingerprint density at radius 3 is 2.85 bits per heavy atom. The molecule has 1 heterocycles. The summed E-state index contributed by atoms with van der Waals surface area (Å²) in [7, 11) is 4.21. The number of fused-ring (bicyclic) bond motifs is 1. The maximum absolute atomic E-state index is 6.13. The highest BCUT2D eigenvalue weighted by Crippen LogP contribution is 2.40. The summed E-state index contributed by atoms with van der Waals surface area (Å²) in [6, 6.07) is 6.21. The van der Waals surface area contributed by atoms with Crippen molar-refractivity contribution >= 4 is 11.6 Å². The van der Waals surface area contributed by atoms with Crippen LogP contribution in [0.25, 0.3) is 0 Å². The lowest BCUT2D eigenvalue weighted by molar-refractivity contribution is 0.0660. The first-order chi connectivity index (χ1) is 9.37. The van der Waals surface area contributed by atoms with Gasteiger partial charge in [0.05, 0.1) is 0 Å². The Morgan fingerprint density at radius 2 is 2.15 bits per heavy atom. The van der Waals surface area contributed by atoms with E-state index < -0.39 is 0 Å². The van der Waals surface area contributed by atoms with Crippen LogP contribution in [0.15, 0.2) is 18.2 Å². The van der Waals surface area contributed by atoms with Gasteiger partial charge in [0.2, 0.25) is 0 Å². The Hall–Kier alpha value is -0.770. The van der Waals surface area contributed by atoms with Gasteiger partial charge in [-0.15, -0.1) is 0 Å². The molecule has 1 aromatic carbocycles. The molecule has 1 N–H and O–H groups in total. The van der Waals surface area contributed by atoms with Crippen LogP contribution in [0.1, 0.15) is 38.3 Å². The third-order valence-corrected chi connectivity index (χ3v) is 3.84. The zero-order chi connectivity index (χ0) is 14.8. The zero-order valence-electron chi connectivity index (χ0n) is 12.9. The number of nitrogens with one attached hydrogen (secondary N) is 1. The van der Waals surface area contributed by atoms with Gasteiger partial charge in [-0.2, -0.15) is 0 Å². The maximum atomic E-state index is 6.13. The van der Waals surface area contributed by atoms with Crippen molar-refractivity contribution in [3.05, 3.63) is 28.8 Å². The standard InChI is InChI=1S/C16H25ClN2O/c1-16(2)11-14(18-8-5-9-19(3)4)13-10-12(17)6-7-15(13)20-16/h6-7,10,14,18H,5,8-9,11H2,1-4H3. The van der Waals surface area contributed by atoms with Crippen molar-refractivity contribution in [2.24, 2.45) is 0 Å². The van der Waals surface area contributed by atoms with Crippen molar-refractivity contribution < 1.29 is 4.74 Å². The summed E-state index contributed by atoms with van der Waals surface area (Å²) in [5, 5.41) is 4.42. The lowest BCUT2D eigenvalue weighted by atomic mass is 9.89. The molecule has 0 saturated heterocycles. The molecular formula is C16H25ClN2O. The summed E-state index contributed by atoms with van der Waals surface area (Å²) in [5.41, 5.74) is 1.04. The first kappa shape index (κ1) is 15.6. The van der Waals surface area contributed by atoms with Crippen LogP contribution < -0.4 is 10.1 Å². The molecule has 20 heavy (non-hydrogen) atoms. The Balaban J connectivity index is 2.06. The number of halogens is 1. The first-order valence-electron chi connectivity index (χ1n) is 7.24. The summed E-state index contributed by atoms with van der Waals surface area (Å²) in [4.78, 5) is 2.21. The van der Waals surface area contributed by atoms with E-state index in [-0.39, 0.29) is 5.60 Å². The fourth-order valence-corrected chi connectivity index (χ4v) is 2.86. The molecule has 112 valence electrons. The largest absolute Gasteiger partial charge is 0.487 e. The fraction of sp³-hybridized carbons (Fsp3) is 0.625. The molecular weight excluding hydrogens is 272 g/mol. The fourth-order valence-electron chi connectivity index (χ4n) is 2.68. The number of ether oxygens (including phenoxy) is 1.